The predicted molar refractivity (Wildman–Crippen MR) is 122 cm³/mol. The highest BCUT2D eigenvalue weighted by atomic mass is 35.5. The first-order valence-electron chi connectivity index (χ1n) is 9.84. The number of nitrogens with one attached hydrogen (secondary N) is 1. The second-order valence-corrected chi connectivity index (χ2v) is 9.39. The highest BCUT2D eigenvalue weighted by Gasteiger charge is 2.17. The molecule has 1 saturated heterocycles. The first-order chi connectivity index (χ1) is 14.6. The molecule has 0 radical (unpaired) electrons. The molecule has 1 N–H and O–H groups in total. The van der Waals surface area contributed by atoms with E-state index in [9.17, 15) is 9.59 Å². The maximum Gasteiger partial charge on any atom is 0.272 e. The van der Waals surface area contributed by atoms with E-state index in [1.54, 1.807) is 4.57 Å². The summed E-state index contributed by atoms with van der Waals surface area (Å²) in [7, 11) is 0. The molecular formula is C21H22ClN3O3S2. The Morgan fingerprint density at radius 1 is 1.33 bits per heavy atom. The summed E-state index contributed by atoms with van der Waals surface area (Å²) in [5.74, 6) is 0.120. The van der Waals surface area contributed by atoms with Crippen molar-refractivity contribution in [1.29, 1.82) is 0 Å². The van der Waals surface area contributed by atoms with Crippen LogP contribution < -0.4 is 10.9 Å². The number of halogens is 1. The summed E-state index contributed by atoms with van der Waals surface area (Å²) in [6.07, 6.45) is 2.80. The fraction of sp³-hybridized carbons (Fsp3) is 0.381. The van der Waals surface area contributed by atoms with Gasteiger partial charge in [0.2, 0.25) is 5.91 Å². The van der Waals surface area contributed by atoms with Crippen LogP contribution in [0, 0.1) is 0 Å². The molecule has 30 heavy (non-hydrogen) atoms. The molecule has 1 atom stereocenters. The van der Waals surface area contributed by atoms with Gasteiger partial charge in [-0.15, -0.1) is 11.3 Å². The number of hydrogen-bond acceptors (Lipinski definition) is 6. The lowest BCUT2D eigenvalue weighted by molar-refractivity contribution is -0.119. The molecule has 2 aromatic heterocycles. The van der Waals surface area contributed by atoms with Crippen molar-refractivity contribution in [3.63, 3.8) is 0 Å². The minimum atomic E-state index is -0.0839. The molecule has 1 aliphatic rings. The number of ether oxygens (including phenoxy) is 1. The highest BCUT2D eigenvalue weighted by molar-refractivity contribution is 7.99. The van der Waals surface area contributed by atoms with Crippen LogP contribution in [0.3, 0.4) is 0 Å². The largest absolute Gasteiger partial charge is 0.376 e. The Morgan fingerprint density at radius 3 is 2.93 bits per heavy atom. The van der Waals surface area contributed by atoms with E-state index >= 15 is 0 Å². The SMILES string of the molecule is O=C(CSc1nc2ccsc2c(=O)n1CCc1ccc(Cl)cc1)NCC1CCCO1. The molecule has 1 aromatic carbocycles. The third kappa shape index (κ3) is 5.24. The van der Waals surface area contributed by atoms with Crippen LogP contribution in [0.4, 0.5) is 0 Å². The minimum Gasteiger partial charge on any atom is -0.376 e. The number of rotatable bonds is 8. The summed E-state index contributed by atoms with van der Waals surface area (Å²) in [5, 5.41) is 6.03. The van der Waals surface area contributed by atoms with Crippen LogP contribution in [0.1, 0.15) is 18.4 Å². The lowest BCUT2D eigenvalue weighted by Gasteiger charge is -2.13. The Morgan fingerprint density at radius 2 is 2.17 bits per heavy atom. The van der Waals surface area contributed by atoms with E-state index < -0.39 is 0 Å². The lowest BCUT2D eigenvalue weighted by Crippen LogP contribution is -2.33. The Bertz CT molecular complexity index is 1080. The molecule has 6 nitrogen and oxygen atoms in total. The van der Waals surface area contributed by atoms with Crippen molar-refractivity contribution in [2.45, 2.75) is 37.1 Å². The number of fused-ring (bicyclic) bond motifs is 1. The van der Waals surface area contributed by atoms with Crippen molar-refractivity contribution in [3.05, 3.63) is 56.7 Å². The summed E-state index contributed by atoms with van der Waals surface area (Å²) >= 11 is 8.64. The number of carbonyl (C=O) groups is 1. The number of hydrogen-bond donors (Lipinski definition) is 1. The van der Waals surface area contributed by atoms with E-state index in [1.165, 1.54) is 23.1 Å². The number of aromatic nitrogens is 2. The molecule has 0 aliphatic carbocycles. The average molecular weight is 464 g/mol. The van der Waals surface area contributed by atoms with E-state index in [2.05, 4.69) is 10.3 Å². The van der Waals surface area contributed by atoms with Crippen molar-refractivity contribution in [2.24, 2.45) is 0 Å². The Labute approximate surface area is 187 Å². The molecular weight excluding hydrogens is 442 g/mol. The Hall–Kier alpha value is -1.87. The molecule has 0 bridgehead atoms. The number of amides is 1. The third-order valence-corrected chi connectivity index (χ3v) is 7.07. The van der Waals surface area contributed by atoms with Crippen LogP contribution in [-0.4, -0.2) is 40.5 Å². The lowest BCUT2D eigenvalue weighted by atomic mass is 10.1. The minimum absolute atomic E-state index is 0.0637. The molecule has 158 valence electrons. The number of nitrogens with zero attached hydrogens (tertiary/aromatic N) is 2. The van der Waals surface area contributed by atoms with E-state index in [1.807, 2.05) is 35.7 Å². The fourth-order valence-corrected chi connectivity index (χ4v) is 5.10. The quantitative estimate of drug-likeness (QED) is 0.407. The van der Waals surface area contributed by atoms with Gasteiger partial charge in [-0.2, -0.15) is 0 Å². The van der Waals surface area contributed by atoms with Gasteiger partial charge in [0.25, 0.3) is 5.56 Å². The van der Waals surface area contributed by atoms with Crippen LogP contribution in [-0.2, 0) is 22.5 Å². The van der Waals surface area contributed by atoms with Gasteiger partial charge < -0.3 is 10.1 Å². The average Bonchev–Trinajstić information content (AvgIpc) is 3.43. The van der Waals surface area contributed by atoms with E-state index in [-0.39, 0.29) is 23.3 Å². The molecule has 1 unspecified atom stereocenters. The summed E-state index contributed by atoms with van der Waals surface area (Å²) < 4.78 is 7.84. The molecule has 9 heteroatoms. The smallest absolute Gasteiger partial charge is 0.272 e. The maximum atomic E-state index is 13.0. The first-order valence-corrected chi connectivity index (χ1v) is 12.1. The predicted octanol–water partition coefficient (Wildman–Crippen LogP) is 3.74. The number of carbonyl (C=O) groups excluding carboxylic acids is 1. The van der Waals surface area contributed by atoms with Gasteiger partial charge >= 0.3 is 0 Å². The van der Waals surface area contributed by atoms with Gasteiger partial charge in [-0.25, -0.2) is 4.98 Å². The van der Waals surface area contributed by atoms with Crippen LogP contribution in [0.25, 0.3) is 10.2 Å². The first kappa shape index (κ1) is 21.4. The van der Waals surface area contributed by atoms with Crippen molar-refractivity contribution in [2.75, 3.05) is 18.9 Å². The molecule has 0 saturated carbocycles. The zero-order valence-electron chi connectivity index (χ0n) is 16.3. The van der Waals surface area contributed by atoms with E-state index in [0.717, 1.165) is 25.0 Å². The van der Waals surface area contributed by atoms with Crippen LogP contribution in [0.5, 0.6) is 0 Å². The van der Waals surface area contributed by atoms with E-state index in [4.69, 9.17) is 16.3 Å². The van der Waals surface area contributed by atoms with Gasteiger partial charge in [-0.3, -0.25) is 14.2 Å². The summed E-state index contributed by atoms with van der Waals surface area (Å²) in [5.41, 5.74) is 1.70. The van der Waals surface area contributed by atoms with Crippen molar-refractivity contribution in [3.8, 4) is 0 Å². The van der Waals surface area contributed by atoms with Crippen molar-refractivity contribution < 1.29 is 9.53 Å². The number of thiophene rings is 1. The van der Waals surface area contributed by atoms with E-state index in [0.29, 0.717) is 39.9 Å². The number of thioether (sulfide) groups is 1. The molecule has 3 heterocycles. The normalized spacial score (nSPS) is 16.2. The molecule has 1 fully saturated rings. The van der Waals surface area contributed by atoms with Gasteiger partial charge in [-0.05, 0) is 48.4 Å². The van der Waals surface area contributed by atoms with Gasteiger partial charge in [0, 0.05) is 24.7 Å². The molecule has 4 rings (SSSR count). The maximum absolute atomic E-state index is 13.0. The van der Waals surface area contributed by atoms with Gasteiger partial charge in [0.05, 0.1) is 17.4 Å². The summed E-state index contributed by atoms with van der Waals surface area (Å²) in [6, 6.07) is 9.43. The standard InChI is InChI=1S/C21H22ClN3O3S2/c22-15-5-3-14(4-6-15)7-9-25-20(27)19-17(8-11-29-19)24-21(25)30-13-18(26)23-12-16-2-1-10-28-16/h3-6,8,11,16H,1-2,7,9-10,12-13H2,(H,23,26). The highest BCUT2D eigenvalue weighted by Crippen LogP contribution is 2.21. The zero-order chi connectivity index (χ0) is 20.9. The molecule has 3 aromatic rings. The second-order valence-electron chi connectivity index (χ2n) is 7.09. The summed E-state index contributed by atoms with van der Waals surface area (Å²) in [4.78, 5) is 29.9. The van der Waals surface area contributed by atoms with Gasteiger partial charge in [-0.1, -0.05) is 35.5 Å². The van der Waals surface area contributed by atoms with Crippen LogP contribution in [0.15, 0.2) is 45.7 Å². The number of benzene rings is 1. The molecule has 1 aliphatic heterocycles. The number of aryl methyl sites for hydroxylation is 1. The van der Waals surface area contributed by atoms with Gasteiger partial charge in [0.15, 0.2) is 5.16 Å². The van der Waals surface area contributed by atoms with Gasteiger partial charge in [0.1, 0.15) is 4.70 Å². The molecule has 0 spiro atoms. The second kappa shape index (κ2) is 9.96. The van der Waals surface area contributed by atoms with Crippen LogP contribution in [0.2, 0.25) is 5.02 Å². The van der Waals surface area contributed by atoms with Crippen LogP contribution >= 0.6 is 34.7 Å². The monoisotopic (exact) mass is 463 g/mol. The van der Waals surface area contributed by atoms with Crippen molar-refractivity contribution in [1.82, 2.24) is 14.9 Å². The molecule has 1 amide bonds. The Balaban J connectivity index is 1.46. The van der Waals surface area contributed by atoms with Crippen molar-refractivity contribution >= 4 is 50.8 Å². The Kier molecular flexibility index (Phi) is 7.09. The zero-order valence-corrected chi connectivity index (χ0v) is 18.7. The summed E-state index contributed by atoms with van der Waals surface area (Å²) in [6.45, 7) is 1.78. The fourth-order valence-electron chi connectivity index (χ4n) is 3.34. The topological polar surface area (TPSA) is 73.2 Å². The third-order valence-electron chi connectivity index (χ3n) is 4.95.